The Morgan fingerprint density at radius 2 is 1.36 bits per heavy atom. The Morgan fingerprint density at radius 3 is 2.11 bits per heavy atom. The lowest BCUT2D eigenvalue weighted by Gasteiger charge is -2.13. The molecular weight excluding hydrogens is 358 g/mol. The number of benzene rings is 3. The van der Waals surface area contributed by atoms with E-state index in [2.05, 4.69) is 5.32 Å². The predicted molar refractivity (Wildman–Crippen MR) is 105 cm³/mol. The highest BCUT2D eigenvalue weighted by Gasteiger charge is 2.16. The fourth-order valence-corrected chi connectivity index (χ4v) is 2.58. The number of rotatable bonds is 8. The van der Waals surface area contributed by atoms with Crippen molar-refractivity contribution in [2.24, 2.45) is 0 Å². The number of anilines is 1. The number of carbonyl (C=O) groups excluding carboxylic acids is 1. The third-order valence-corrected chi connectivity index (χ3v) is 3.89. The van der Waals surface area contributed by atoms with Gasteiger partial charge in [0.15, 0.2) is 0 Å². The minimum Gasteiger partial charge on any atom is -0.490 e. The molecule has 142 valence electrons. The standard InChI is InChI=1S/C22H19NO5/c24-21(23-19-12-6-4-10-17(19)22(25)26)18-11-5-7-13-20(18)28-15-14-27-16-8-2-1-3-9-16/h1-13H,14-15H2,(H,23,24)(H,25,26). The molecule has 0 fully saturated rings. The highest BCUT2D eigenvalue weighted by atomic mass is 16.5. The van der Waals surface area contributed by atoms with Gasteiger partial charge in [-0.15, -0.1) is 0 Å². The van der Waals surface area contributed by atoms with Crippen molar-refractivity contribution in [2.75, 3.05) is 18.5 Å². The Morgan fingerprint density at radius 1 is 0.750 bits per heavy atom. The van der Waals surface area contributed by atoms with Crippen LogP contribution >= 0.6 is 0 Å². The molecule has 3 aromatic rings. The van der Waals surface area contributed by atoms with Crippen LogP contribution in [-0.4, -0.2) is 30.2 Å². The number of aromatic carboxylic acids is 1. The summed E-state index contributed by atoms with van der Waals surface area (Å²) >= 11 is 0. The molecule has 0 saturated heterocycles. The number of carboxylic acid groups (broad SMARTS) is 1. The van der Waals surface area contributed by atoms with Crippen LogP contribution in [0.3, 0.4) is 0 Å². The maximum Gasteiger partial charge on any atom is 0.337 e. The fourth-order valence-electron chi connectivity index (χ4n) is 2.58. The first-order valence-corrected chi connectivity index (χ1v) is 8.68. The minimum atomic E-state index is -1.11. The lowest BCUT2D eigenvalue weighted by atomic mass is 10.1. The van der Waals surface area contributed by atoms with Gasteiger partial charge in [0.05, 0.1) is 16.8 Å². The van der Waals surface area contributed by atoms with E-state index in [1.54, 1.807) is 42.5 Å². The van der Waals surface area contributed by atoms with Gasteiger partial charge in [-0.2, -0.15) is 0 Å². The average molecular weight is 377 g/mol. The molecule has 2 N–H and O–H groups in total. The van der Waals surface area contributed by atoms with Crippen LogP contribution in [0, 0.1) is 0 Å². The molecule has 6 heteroatoms. The number of carbonyl (C=O) groups is 2. The van der Waals surface area contributed by atoms with Gasteiger partial charge < -0.3 is 19.9 Å². The van der Waals surface area contributed by atoms with Crippen molar-refractivity contribution in [1.82, 2.24) is 0 Å². The van der Waals surface area contributed by atoms with E-state index in [9.17, 15) is 14.7 Å². The number of ether oxygens (including phenoxy) is 2. The van der Waals surface area contributed by atoms with Crippen molar-refractivity contribution in [3.05, 3.63) is 90.0 Å². The molecule has 0 unspecified atom stereocenters. The Labute approximate surface area is 162 Å². The fraction of sp³-hybridized carbons (Fsp3) is 0.0909. The molecular formula is C22H19NO5. The van der Waals surface area contributed by atoms with Gasteiger partial charge >= 0.3 is 5.97 Å². The van der Waals surface area contributed by atoms with E-state index in [0.717, 1.165) is 5.75 Å². The molecule has 0 radical (unpaired) electrons. The van der Waals surface area contributed by atoms with Crippen LogP contribution in [0.5, 0.6) is 11.5 Å². The Balaban J connectivity index is 1.64. The van der Waals surface area contributed by atoms with Gasteiger partial charge in [0.2, 0.25) is 0 Å². The van der Waals surface area contributed by atoms with Crippen molar-refractivity contribution in [2.45, 2.75) is 0 Å². The summed E-state index contributed by atoms with van der Waals surface area (Å²) in [6, 6.07) is 22.4. The summed E-state index contributed by atoms with van der Waals surface area (Å²) < 4.78 is 11.3. The van der Waals surface area contributed by atoms with E-state index in [4.69, 9.17) is 9.47 Å². The number of hydrogen-bond acceptors (Lipinski definition) is 4. The number of hydrogen-bond donors (Lipinski definition) is 2. The molecule has 1 amide bonds. The van der Waals surface area contributed by atoms with Crippen LogP contribution in [0.4, 0.5) is 5.69 Å². The molecule has 0 spiro atoms. The van der Waals surface area contributed by atoms with Crippen LogP contribution in [0.1, 0.15) is 20.7 Å². The van der Waals surface area contributed by atoms with E-state index in [0.29, 0.717) is 17.9 Å². The molecule has 0 aliphatic rings. The Hall–Kier alpha value is -3.80. The third-order valence-electron chi connectivity index (χ3n) is 3.89. The summed E-state index contributed by atoms with van der Waals surface area (Å²) in [7, 11) is 0. The highest BCUT2D eigenvalue weighted by molar-refractivity contribution is 6.09. The Bertz CT molecular complexity index is 956. The number of carboxylic acids is 1. The summed E-state index contributed by atoms with van der Waals surface area (Å²) in [5.74, 6) is -0.432. The zero-order valence-corrected chi connectivity index (χ0v) is 15.0. The van der Waals surface area contributed by atoms with E-state index in [1.807, 2.05) is 30.3 Å². The lowest BCUT2D eigenvalue weighted by molar-refractivity contribution is 0.0698. The number of nitrogens with one attached hydrogen (secondary N) is 1. The van der Waals surface area contributed by atoms with E-state index < -0.39 is 11.9 Å². The van der Waals surface area contributed by atoms with Gasteiger partial charge in [-0.25, -0.2) is 4.79 Å². The van der Waals surface area contributed by atoms with Gasteiger partial charge in [-0.05, 0) is 36.4 Å². The van der Waals surface area contributed by atoms with Crippen molar-refractivity contribution in [1.29, 1.82) is 0 Å². The molecule has 0 aliphatic heterocycles. The summed E-state index contributed by atoms with van der Waals surface area (Å²) in [6.07, 6.45) is 0. The molecule has 28 heavy (non-hydrogen) atoms. The highest BCUT2D eigenvalue weighted by Crippen LogP contribution is 2.21. The summed E-state index contributed by atoms with van der Waals surface area (Å²) in [6.45, 7) is 0.576. The van der Waals surface area contributed by atoms with E-state index >= 15 is 0 Å². The van der Waals surface area contributed by atoms with Gasteiger partial charge in [-0.1, -0.05) is 42.5 Å². The molecule has 3 aromatic carbocycles. The van der Waals surface area contributed by atoms with Gasteiger partial charge in [0.1, 0.15) is 24.7 Å². The molecule has 0 bridgehead atoms. The lowest BCUT2D eigenvalue weighted by Crippen LogP contribution is -2.17. The number of para-hydroxylation sites is 3. The maximum atomic E-state index is 12.6. The second-order valence-electron chi connectivity index (χ2n) is 5.81. The molecule has 0 heterocycles. The van der Waals surface area contributed by atoms with Crippen molar-refractivity contribution < 1.29 is 24.2 Å². The van der Waals surface area contributed by atoms with Crippen LogP contribution in [-0.2, 0) is 0 Å². The third kappa shape index (κ3) is 4.88. The van der Waals surface area contributed by atoms with Crippen LogP contribution in [0.2, 0.25) is 0 Å². The maximum absolute atomic E-state index is 12.6. The quantitative estimate of drug-likeness (QED) is 0.578. The largest absolute Gasteiger partial charge is 0.490 e. The number of amides is 1. The summed E-state index contributed by atoms with van der Waals surface area (Å²) in [4.78, 5) is 24.0. The molecule has 0 atom stereocenters. The van der Waals surface area contributed by atoms with Crippen LogP contribution in [0.15, 0.2) is 78.9 Å². The van der Waals surface area contributed by atoms with Gasteiger partial charge in [0, 0.05) is 0 Å². The first-order chi connectivity index (χ1) is 13.6. The van der Waals surface area contributed by atoms with Crippen molar-refractivity contribution >= 4 is 17.6 Å². The zero-order valence-electron chi connectivity index (χ0n) is 15.0. The first kappa shape index (κ1) is 19.0. The van der Waals surface area contributed by atoms with E-state index in [1.165, 1.54) is 6.07 Å². The predicted octanol–water partition coefficient (Wildman–Crippen LogP) is 4.09. The molecule has 0 aromatic heterocycles. The second kappa shape index (κ2) is 9.23. The molecule has 3 rings (SSSR count). The summed E-state index contributed by atoms with van der Waals surface area (Å²) in [5, 5.41) is 11.9. The Kier molecular flexibility index (Phi) is 6.25. The SMILES string of the molecule is O=C(O)c1ccccc1NC(=O)c1ccccc1OCCOc1ccccc1. The second-order valence-corrected chi connectivity index (χ2v) is 5.81. The molecule has 0 aliphatic carbocycles. The topological polar surface area (TPSA) is 84.9 Å². The van der Waals surface area contributed by atoms with Crippen molar-refractivity contribution in [3.63, 3.8) is 0 Å². The van der Waals surface area contributed by atoms with Gasteiger partial charge in [-0.3, -0.25) is 4.79 Å². The summed E-state index contributed by atoms with van der Waals surface area (Å²) in [5.41, 5.74) is 0.551. The van der Waals surface area contributed by atoms with Gasteiger partial charge in [0.25, 0.3) is 5.91 Å². The van der Waals surface area contributed by atoms with Crippen LogP contribution in [0.25, 0.3) is 0 Å². The zero-order chi connectivity index (χ0) is 19.8. The molecule has 6 nitrogen and oxygen atoms in total. The first-order valence-electron chi connectivity index (χ1n) is 8.68. The van der Waals surface area contributed by atoms with E-state index in [-0.39, 0.29) is 17.9 Å². The van der Waals surface area contributed by atoms with Crippen molar-refractivity contribution in [3.8, 4) is 11.5 Å². The monoisotopic (exact) mass is 377 g/mol. The molecule has 0 saturated carbocycles. The smallest absolute Gasteiger partial charge is 0.337 e. The normalized spacial score (nSPS) is 10.1. The average Bonchev–Trinajstić information content (AvgIpc) is 2.72. The van der Waals surface area contributed by atoms with Crippen LogP contribution < -0.4 is 14.8 Å². The minimum absolute atomic E-state index is 0.0190.